The van der Waals surface area contributed by atoms with Gasteiger partial charge in [0.2, 0.25) is 0 Å². The van der Waals surface area contributed by atoms with Gasteiger partial charge in [-0.05, 0) is 19.3 Å². The van der Waals surface area contributed by atoms with Crippen molar-refractivity contribution in [2.24, 2.45) is 0 Å². The molecule has 12 heavy (non-hydrogen) atoms. The maximum absolute atomic E-state index is 12.2. The van der Waals surface area contributed by atoms with Crippen molar-refractivity contribution >= 4 is 0 Å². The molecule has 1 saturated heterocycles. The van der Waals surface area contributed by atoms with Crippen molar-refractivity contribution in [2.75, 3.05) is 0 Å². The summed E-state index contributed by atoms with van der Waals surface area (Å²) >= 11 is 0. The van der Waals surface area contributed by atoms with Crippen LogP contribution in [0.1, 0.15) is 32.6 Å². The van der Waals surface area contributed by atoms with Crippen LogP contribution in [-0.2, 0) is 0 Å². The SMILES string of the molecule is CCC1CCCC(C(F)(F)F)N1. The van der Waals surface area contributed by atoms with Crippen LogP contribution in [0.5, 0.6) is 0 Å². The molecule has 0 spiro atoms. The zero-order chi connectivity index (χ0) is 9.19. The second-order valence-corrected chi connectivity index (χ2v) is 3.30. The maximum atomic E-state index is 12.2. The Balaban J connectivity index is 2.46. The molecule has 1 aliphatic rings. The molecule has 1 aliphatic heterocycles. The Morgan fingerprint density at radius 1 is 1.33 bits per heavy atom. The van der Waals surface area contributed by atoms with Gasteiger partial charge >= 0.3 is 6.18 Å². The average Bonchev–Trinajstić information content (AvgIpc) is 2.03. The highest BCUT2D eigenvalue weighted by molar-refractivity contribution is 4.84. The van der Waals surface area contributed by atoms with E-state index in [4.69, 9.17) is 0 Å². The molecule has 1 fully saturated rings. The lowest BCUT2D eigenvalue weighted by Crippen LogP contribution is -2.50. The van der Waals surface area contributed by atoms with Gasteiger partial charge in [-0.3, -0.25) is 0 Å². The summed E-state index contributed by atoms with van der Waals surface area (Å²) in [4.78, 5) is 0. The van der Waals surface area contributed by atoms with Crippen molar-refractivity contribution in [3.05, 3.63) is 0 Å². The minimum atomic E-state index is -4.06. The summed E-state index contributed by atoms with van der Waals surface area (Å²) in [6.07, 6.45) is -1.47. The van der Waals surface area contributed by atoms with E-state index in [-0.39, 0.29) is 12.5 Å². The van der Waals surface area contributed by atoms with Crippen LogP contribution in [0.3, 0.4) is 0 Å². The highest BCUT2D eigenvalue weighted by atomic mass is 19.4. The summed E-state index contributed by atoms with van der Waals surface area (Å²) in [5.74, 6) is 0. The number of hydrogen-bond donors (Lipinski definition) is 1. The molecular weight excluding hydrogens is 167 g/mol. The molecule has 0 aromatic carbocycles. The normalized spacial score (nSPS) is 32.0. The van der Waals surface area contributed by atoms with E-state index in [2.05, 4.69) is 5.32 Å². The van der Waals surface area contributed by atoms with Gasteiger partial charge in [-0.15, -0.1) is 0 Å². The molecule has 1 nitrogen and oxygen atoms in total. The summed E-state index contributed by atoms with van der Waals surface area (Å²) in [6.45, 7) is 1.91. The van der Waals surface area contributed by atoms with Crippen LogP contribution in [0.2, 0.25) is 0 Å². The topological polar surface area (TPSA) is 12.0 Å². The number of halogens is 3. The largest absolute Gasteiger partial charge is 0.403 e. The highest BCUT2D eigenvalue weighted by Crippen LogP contribution is 2.28. The third kappa shape index (κ3) is 2.37. The third-order valence-electron chi connectivity index (χ3n) is 2.37. The average molecular weight is 181 g/mol. The minimum absolute atomic E-state index is 0.0605. The number of piperidine rings is 1. The zero-order valence-corrected chi connectivity index (χ0v) is 7.12. The lowest BCUT2D eigenvalue weighted by Gasteiger charge is -2.31. The van der Waals surface area contributed by atoms with Crippen molar-refractivity contribution in [3.8, 4) is 0 Å². The maximum Gasteiger partial charge on any atom is 0.403 e. The lowest BCUT2D eigenvalue weighted by atomic mass is 9.97. The Labute approximate surface area is 70.3 Å². The van der Waals surface area contributed by atoms with Crippen LogP contribution in [0, 0.1) is 0 Å². The number of rotatable bonds is 1. The van der Waals surface area contributed by atoms with Gasteiger partial charge in [0, 0.05) is 6.04 Å². The third-order valence-corrected chi connectivity index (χ3v) is 2.37. The van der Waals surface area contributed by atoms with Crippen LogP contribution in [-0.4, -0.2) is 18.3 Å². The molecule has 0 radical (unpaired) electrons. The zero-order valence-electron chi connectivity index (χ0n) is 7.12. The first-order valence-electron chi connectivity index (χ1n) is 4.36. The quantitative estimate of drug-likeness (QED) is 0.655. The molecule has 0 aliphatic carbocycles. The van der Waals surface area contributed by atoms with E-state index in [1.165, 1.54) is 0 Å². The molecule has 1 rings (SSSR count). The van der Waals surface area contributed by atoms with Gasteiger partial charge < -0.3 is 5.32 Å². The fraction of sp³-hybridized carbons (Fsp3) is 1.00. The van der Waals surface area contributed by atoms with Gasteiger partial charge in [0.1, 0.15) is 6.04 Å². The Morgan fingerprint density at radius 3 is 2.50 bits per heavy atom. The van der Waals surface area contributed by atoms with Crippen LogP contribution in [0.25, 0.3) is 0 Å². The lowest BCUT2D eigenvalue weighted by molar-refractivity contribution is -0.163. The van der Waals surface area contributed by atoms with Gasteiger partial charge in [0.15, 0.2) is 0 Å². The number of hydrogen-bond acceptors (Lipinski definition) is 1. The molecule has 72 valence electrons. The standard InChI is InChI=1S/C8H14F3N/c1-2-6-4-3-5-7(12-6)8(9,10)11/h6-7,12H,2-5H2,1H3. The van der Waals surface area contributed by atoms with Gasteiger partial charge in [-0.25, -0.2) is 0 Å². The molecule has 2 unspecified atom stereocenters. The highest BCUT2D eigenvalue weighted by Gasteiger charge is 2.41. The Morgan fingerprint density at radius 2 is 2.00 bits per heavy atom. The van der Waals surface area contributed by atoms with E-state index < -0.39 is 12.2 Å². The molecule has 1 heterocycles. The van der Waals surface area contributed by atoms with Gasteiger partial charge in [-0.1, -0.05) is 13.3 Å². The Kier molecular flexibility index (Phi) is 2.99. The molecule has 0 amide bonds. The van der Waals surface area contributed by atoms with Crippen LogP contribution >= 0.6 is 0 Å². The summed E-state index contributed by atoms with van der Waals surface area (Å²) in [6, 6.07) is -1.21. The van der Waals surface area contributed by atoms with E-state index in [0.717, 1.165) is 12.8 Å². The van der Waals surface area contributed by atoms with E-state index in [1.54, 1.807) is 0 Å². The molecule has 0 aromatic heterocycles. The predicted molar refractivity (Wildman–Crippen MR) is 40.9 cm³/mol. The molecule has 0 bridgehead atoms. The Hall–Kier alpha value is -0.250. The number of alkyl halides is 3. The van der Waals surface area contributed by atoms with E-state index >= 15 is 0 Å². The van der Waals surface area contributed by atoms with Gasteiger partial charge in [0.05, 0.1) is 0 Å². The van der Waals surface area contributed by atoms with Crippen LogP contribution in [0.15, 0.2) is 0 Å². The first-order valence-corrected chi connectivity index (χ1v) is 4.36. The molecule has 4 heteroatoms. The van der Waals surface area contributed by atoms with E-state index in [9.17, 15) is 13.2 Å². The van der Waals surface area contributed by atoms with Crippen molar-refractivity contribution in [1.29, 1.82) is 0 Å². The molecule has 2 atom stereocenters. The van der Waals surface area contributed by atoms with Crippen LogP contribution in [0.4, 0.5) is 13.2 Å². The monoisotopic (exact) mass is 181 g/mol. The van der Waals surface area contributed by atoms with E-state index in [1.807, 2.05) is 6.92 Å². The number of nitrogens with one attached hydrogen (secondary N) is 1. The van der Waals surface area contributed by atoms with Crippen LogP contribution < -0.4 is 5.32 Å². The van der Waals surface area contributed by atoms with Crippen molar-refractivity contribution < 1.29 is 13.2 Å². The second-order valence-electron chi connectivity index (χ2n) is 3.30. The molecular formula is C8H14F3N. The summed E-state index contributed by atoms with van der Waals surface area (Å²) in [5.41, 5.74) is 0. The minimum Gasteiger partial charge on any atom is -0.303 e. The van der Waals surface area contributed by atoms with Gasteiger partial charge in [-0.2, -0.15) is 13.2 Å². The van der Waals surface area contributed by atoms with Crippen molar-refractivity contribution in [2.45, 2.75) is 50.9 Å². The summed E-state index contributed by atoms with van der Waals surface area (Å²) < 4.78 is 36.6. The van der Waals surface area contributed by atoms with Gasteiger partial charge in [0.25, 0.3) is 0 Å². The Bertz CT molecular complexity index is 144. The summed E-state index contributed by atoms with van der Waals surface area (Å²) in [5, 5.41) is 2.62. The first kappa shape index (κ1) is 9.84. The predicted octanol–water partition coefficient (Wildman–Crippen LogP) is 2.47. The smallest absolute Gasteiger partial charge is 0.303 e. The molecule has 1 N–H and O–H groups in total. The first-order chi connectivity index (χ1) is 5.54. The fourth-order valence-electron chi connectivity index (χ4n) is 1.60. The molecule has 0 saturated carbocycles. The van der Waals surface area contributed by atoms with E-state index in [0.29, 0.717) is 6.42 Å². The van der Waals surface area contributed by atoms with Crippen molar-refractivity contribution in [1.82, 2.24) is 5.32 Å². The molecule has 0 aromatic rings. The second kappa shape index (κ2) is 3.64. The fourth-order valence-corrected chi connectivity index (χ4v) is 1.60. The summed E-state index contributed by atoms with van der Waals surface area (Å²) in [7, 11) is 0. The van der Waals surface area contributed by atoms with Crippen molar-refractivity contribution in [3.63, 3.8) is 0 Å².